The second-order valence-electron chi connectivity index (χ2n) is 9.48. The molecule has 8 aromatic rings. The molecular weight excluding hydrogens is 450 g/mol. The van der Waals surface area contributed by atoms with Gasteiger partial charge >= 0.3 is 0 Å². The third kappa shape index (κ3) is 2.95. The van der Waals surface area contributed by atoms with E-state index in [-0.39, 0.29) is 0 Å². The Bertz CT molecular complexity index is 2140. The van der Waals surface area contributed by atoms with Crippen LogP contribution in [0.1, 0.15) is 0 Å². The van der Waals surface area contributed by atoms with E-state index in [2.05, 4.69) is 107 Å². The van der Waals surface area contributed by atoms with Gasteiger partial charge in [-0.25, -0.2) is 0 Å². The molecule has 172 valence electrons. The van der Waals surface area contributed by atoms with E-state index >= 15 is 0 Å². The minimum Gasteiger partial charge on any atom is -0.307 e. The summed E-state index contributed by atoms with van der Waals surface area (Å²) >= 11 is 0. The van der Waals surface area contributed by atoms with Crippen molar-refractivity contribution in [2.75, 3.05) is 0 Å². The van der Waals surface area contributed by atoms with Crippen LogP contribution in [0.25, 0.3) is 71.2 Å². The van der Waals surface area contributed by atoms with E-state index in [9.17, 15) is 0 Å². The van der Waals surface area contributed by atoms with E-state index < -0.39 is 0 Å². The summed E-state index contributed by atoms with van der Waals surface area (Å²) in [5.74, 6) is 0. The predicted octanol–water partition coefficient (Wildman–Crippen LogP) is 8.70. The lowest BCUT2D eigenvalue weighted by atomic mass is 9.96. The standard InChI is InChI=1S/C34H21N3/c1-6-14-31-22(9-1)19-24(21-36-31)37-32-17-16-23(30-15-7-8-18-35-30)20-29(32)33-27-12-4-2-10-25(27)26-11-3-5-13-28(26)34(33)37/h1-21H. The quantitative estimate of drug-likeness (QED) is 0.236. The van der Waals surface area contributed by atoms with Gasteiger partial charge < -0.3 is 4.57 Å². The largest absolute Gasteiger partial charge is 0.307 e. The number of pyridine rings is 2. The second kappa shape index (κ2) is 7.74. The molecule has 0 N–H and O–H groups in total. The van der Waals surface area contributed by atoms with Crippen molar-refractivity contribution in [3.8, 4) is 16.9 Å². The molecule has 3 nitrogen and oxygen atoms in total. The molecule has 0 saturated carbocycles. The first-order chi connectivity index (χ1) is 18.4. The van der Waals surface area contributed by atoms with Crippen LogP contribution in [0, 0.1) is 0 Å². The summed E-state index contributed by atoms with van der Waals surface area (Å²) in [5.41, 5.74) is 6.51. The number of rotatable bonds is 2. The molecular formula is C34H21N3. The zero-order valence-electron chi connectivity index (χ0n) is 20.0. The van der Waals surface area contributed by atoms with Crippen molar-refractivity contribution in [3.63, 3.8) is 0 Å². The molecule has 0 atom stereocenters. The van der Waals surface area contributed by atoms with Crippen molar-refractivity contribution in [2.45, 2.75) is 0 Å². The summed E-state index contributed by atoms with van der Waals surface area (Å²) in [6.45, 7) is 0. The Hall–Kier alpha value is -5.02. The molecule has 0 unspecified atom stereocenters. The highest BCUT2D eigenvalue weighted by atomic mass is 15.0. The van der Waals surface area contributed by atoms with Crippen LogP contribution in [0.15, 0.2) is 128 Å². The molecule has 0 aliphatic rings. The molecule has 3 heteroatoms. The Labute approximate surface area is 213 Å². The van der Waals surface area contributed by atoms with E-state index in [0.29, 0.717) is 0 Å². The molecule has 0 fully saturated rings. The van der Waals surface area contributed by atoms with Crippen LogP contribution in [-0.2, 0) is 0 Å². The molecule has 0 amide bonds. The van der Waals surface area contributed by atoms with E-state index in [4.69, 9.17) is 4.98 Å². The Morgan fingerprint density at radius 1 is 0.541 bits per heavy atom. The average molecular weight is 472 g/mol. The zero-order chi connectivity index (χ0) is 24.3. The molecule has 0 aliphatic carbocycles. The van der Waals surface area contributed by atoms with Gasteiger partial charge in [-0.15, -0.1) is 0 Å². The summed E-state index contributed by atoms with van der Waals surface area (Å²) in [6, 6.07) is 40.8. The SMILES string of the molecule is c1ccc(-c2ccc3c(c2)c2c4ccccc4c4ccccc4c2n3-c2cnc3ccccc3c2)nc1. The van der Waals surface area contributed by atoms with Gasteiger partial charge in [0.25, 0.3) is 0 Å². The maximum atomic E-state index is 4.83. The molecule has 5 aromatic carbocycles. The van der Waals surface area contributed by atoms with Crippen molar-refractivity contribution in [2.24, 2.45) is 0 Å². The third-order valence-corrected chi connectivity index (χ3v) is 7.43. The van der Waals surface area contributed by atoms with Gasteiger partial charge in [-0.05, 0) is 52.6 Å². The maximum absolute atomic E-state index is 4.83. The van der Waals surface area contributed by atoms with Crippen molar-refractivity contribution in [1.29, 1.82) is 0 Å². The average Bonchev–Trinajstić information content (AvgIpc) is 3.32. The van der Waals surface area contributed by atoms with Crippen LogP contribution >= 0.6 is 0 Å². The lowest BCUT2D eigenvalue weighted by molar-refractivity contribution is 1.16. The summed E-state index contributed by atoms with van der Waals surface area (Å²) < 4.78 is 2.39. The van der Waals surface area contributed by atoms with E-state index in [1.807, 2.05) is 30.6 Å². The minimum absolute atomic E-state index is 0.975. The maximum Gasteiger partial charge on any atom is 0.0703 e. The highest BCUT2D eigenvalue weighted by Crippen LogP contribution is 2.43. The van der Waals surface area contributed by atoms with Crippen LogP contribution in [0.2, 0.25) is 0 Å². The smallest absolute Gasteiger partial charge is 0.0703 e. The first-order valence-corrected chi connectivity index (χ1v) is 12.5. The Balaban J connectivity index is 1.61. The molecule has 0 spiro atoms. The lowest BCUT2D eigenvalue weighted by Gasteiger charge is -2.12. The second-order valence-corrected chi connectivity index (χ2v) is 9.48. The molecule has 8 rings (SSSR count). The van der Waals surface area contributed by atoms with Crippen molar-refractivity contribution >= 4 is 54.3 Å². The number of hydrogen-bond donors (Lipinski definition) is 0. The molecule has 0 saturated heterocycles. The van der Waals surface area contributed by atoms with E-state index in [1.165, 1.54) is 37.8 Å². The molecule has 3 heterocycles. The van der Waals surface area contributed by atoms with Crippen molar-refractivity contribution in [3.05, 3.63) is 128 Å². The van der Waals surface area contributed by atoms with Gasteiger partial charge in [0.15, 0.2) is 0 Å². The van der Waals surface area contributed by atoms with Crippen LogP contribution in [0.3, 0.4) is 0 Å². The van der Waals surface area contributed by atoms with Crippen molar-refractivity contribution < 1.29 is 0 Å². The first-order valence-electron chi connectivity index (χ1n) is 12.5. The van der Waals surface area contributed by atoms with Gasteiger partial charge in [0, 0.05) is 33.3 Å². The van der Waals surface area contributed by atoms with Gasteiger partial charge in [0.1, 0.15) is 0 Å². The van der Waals surface area contributed by atoms with Gasteiger partial charge in [-0.3, -0.25) is 9.97 Å². The Morgan fingerprint density at radius 2 is 1.27 bits per heavy atom. The summed E-state index contributed by atoms with van der Waals surface area (Å²) in [6.07, 6.45) is 3.85. The summed E-state index contributed by atoms with van der Waals surface area (Å²) in [7, 11) is 0. The molecule has 3 aromatic heterocycles. The van der Waals surface area contributed by atoms with Gasteiger partial charge in [0.2, 0.25) is 0 Å². The summed E-state index contributed by atoms with van der Waals surface area (Å²) in [4.78, 5) is 9.46. The Kier molecular flexibility index (Phi) is 4.23. The zero-order valence-corrected chi connectivity index (χ0v) is 20.0. The molecule has 0 aliphatic heterocycles. The van der Waals surface area contributed by atoms with Crippen molar-refractivity contribution in [1.82, 2.24) is 14.5 Å². The number of para-hydroxylation sites is 1. The van der Waals surface area contributed by atoms with E-state index in [1.54, 1.807) is 0 Å². The summed E-state index contributed by atoms with van der Waals surface area (Å²) in [5, 5.41) is 8.62. The fourth-order valence-electron chi connectivity index (χ4n) is 5.82. The normalized spacial score (nSPS) is 11.8. The van der Waals surface area contributed by atoms with Crippen LogP contribution in [0.4, 0.5) is 0 Å². The van der Waals surface area contributed by atoms with Gasteiger partial charge in [0.05, 0.1) is 34.1 Å². The number of hydrogen-bond acceptors (Lipinski definition) is 2. The highest BCUT2D eigenvalue weighted by molar-refractivity contribution is 6.32. The van der Waals surface area contributed by atoms with Crippen LogP contribution in [-0.4, -0.2) is 14.5 Å². The Morgan fingerprint density at radius 3 is 2.11 bits per heavy atom. The molecule has 0 bridgehead atoms. The van der Waals surface area contributed by atoms with Crippen LogP contribution in [0.5, 0.6) is 0 Å². The lowest BCUT2D eigenvalue weighted by Crippen LogP contribution is -1.96. The highest BCUT2D eigenvalue weighted by Gasteiger charge is 2.19. The minimum atomic E-state index is 0.975. The molecule has 37 heavy (non-hydrogen) atoms. The van der Waals surface area contributed by atoms with Gasteiger partial charge in [-0.1, -0.05) is 78.9 Å². The number of nitrogens with zero attached hydrogens (tertiary/aromatic N) is 3. The number of aromatic nitrogens is 3. The number of fused-ring (bicyclic) bond motifs is 9. The predicted molar refractivity (Wildman–Crippen MR) is 154 cm³/mol. The fourth-order valence-corrected chi connectivity index (χ4v) is 5.82. The topological polar surface area (TPSA) is 30.7 Å². The molecule has 0 radical (unpaired) electrons. The fraction of sp³-hybridized carbons (Fsp3) is 0. The van der Waals surface area contributed by atoms with E-state index in [0.717, 1.165) is 33.4 Å². The van der Waals surface area contributed by atoms with Crippen LogP contribution < -0.4 is 0 Å². The number of benzene rings is 5. The third-order valence-electron chi connectivity index (χ3n) is 7.43. The monoisotopic (exact) mass is 471 g/mol. The first kappa shape index (κ1) is 20.2. The van der Waals surface area contributed by atoms with Gasteiger partial charge in [-0.2, -0.15) is 0 Å².